The van der Waals surface area contributed by atoms with Gasteiger partial charge in [-0.1, -0.05) is 30.3 Å². The number of aryl methyl sites for hydroxylation is 1. The van der Waals surface area contributed by atoms with Crippen molar-refractivity contribution in [3.05, 3.63) is 36.2 Å². The molecule has 1 atom stereocenters. The minimum Gasteiger partial charge on any atom is -0.353 e. The molecule has 0 radical (unpaired) electrons. The van der Waals surface area contributed by atoms with Gasteiger partial charge in [0, 0.05) is 32.1 Å². The molecule has 0 bridgehead atoms. The number of carbonyl (C=O) groups excluding carboxylic acids is 1. The fraction of sp³-hybridized carbons (Fsp3) is 0.357. The van der Waals surface area contributed by atoms with E-state index in [1.165, 1.54) is 0 Å². The van der Waals surface area contributed by atoms with E-state index in [1.54, 1.807) is 4.68 Å². The summed E-state index contributed by atoms with van der Waals surface area (Å²) in [6.07, 6.45) is 0.544. The molecule has 1 aliphatic rings. The maximum Gasteiger partial charge on any atom is 0.237 e. The molecule has 1 saturated heterocycles. The zero-order valence-electron chi connectivity index (χ0n) is 11.3. The summed E-state index contributed by atoms with van der Waals surface area (Å²) < 4.78 is 1.74. The molecule has 1 fully saturated rings. The average molecular weight is 271 g/mol. The van der Waals surface area contributed by atoms with E-state index in [0.717, 1.165) is 17.9 Å². The molecule has 2 heterocycles. The van der Waals surface area contributed by atoms with Crippen molar-refractivity contribution in [2.75, 3.05) is 13.1 Å². The van der Waals surface area contributed by atoms with Crippen molar-refractivity contribution < 1.29 is 4.79 Å². The zero-order valence-corrected chi connectivity index (χ0v) is 11.3. The first-order valence-corrected chi connectivity index (χ1v) is 6.70. The maximum atomic E-state index is 11.8. The van der Waals surface area contributed by atoms with Gasteiger partial charge < -0.3 is 10.6 Å². The quantitative estimate of drug-likeness (QED) is 0.831. The van der Waals surface area contributed by atoms with Crippen LogP contribution in [0.15, 0.2) is 30.3 Å². The zero-order chi connectivity index (χ0) is 13.9. The Morgan fingerprint density at radius 2 is 2.10 bits per heavy atom. The molecule has 1 aliphatic heterocycles. The molecule has 0 aliphatic carbocycles. The smallest absolute Gasteiger partial charge is 0.237 e. The molecule has 2 N–H and O–H groups in total. The van der Waals surface area contributed by atoms with E-state index in [9.17, 15) is 4.79 Å². The second-order valence-corrected chi connectivity index (χ2v) is 4.84. The van der Waals surface area contributed by atoms with Crippen LogP contribution in [0.5, 0.6) is 0 Å². The third-order valence-corrected chi connectivity index (χ3v) is 3.40. The summed E-state index contributed by atoms with van der Waals surface area (Å²) in [7, 11) is 1.86. The van der Waals surface area contributed by atoms with E-state index in [2.05, 4.69) is 20.7 Å². The third kappa shape index (κ3) is 2.55. The van der Waals surface area contributed by atoms with Gasteiger partial charge in [0.25, 0.3) is 0 Å². The highest BCUT2D eigenvalue weighted by molar-refractivity contribution is 5.82. The summed E-state index contributed by atoms with van der Waals surface area (Å²) in [6.45, 7) is 1.48. The number of rotatable bonds is 3. The molecular weight excluding hydrogens is 254 g/mol. The normalized spacial score (nSPS) is 18.9. The van der Waals surface area contributed by atoms with Gasteiger partial charge in [0.1, 0.15) is 5.82 Å². The van der Waals surface area contributed by atoms with Gasteiger partial charge in [-0.05, 0) is 0 Å². The number of piperazine rings is 1. The number of carbonyl (C=O) groups is 1. The van der Waals surface area contributed by atoms with E-state index in [-0.39, 0.29) is 11.9 Å². The van der Waals surface area contributed by atoms with Gasteiger partial charge in [0.05, 0.1) is 6.04 Å². The van der Waals surface area contributed by atoms with Crippen LogP contribution in [0.3, 0.4) is 0 Å². The Balaban J connectivity index is 1.81. The Morgan fingerprint density at radius 1 is 1.30 bits per heavy atom. The van der Waals surface area contributed by atoms with Gasteiger partial charge in [-0.15, -0.1) is 0 Å². The molecule has 1 amide bonds. The van der Waals surface area contributed by atoms with Gasteiger partial charge in [-0.25, -0.2) is 4.98 Å². The largest absolute Gasteiger partial charge is 0.353 e. The topological polar surface area (TPSA) is 71.8 Å². The van der Waals surface area contributed by atoms with Crippen LogP contribution in [0.2, 0.25) is 0 Å². The Bertz CT molecular complexity index is 607. The lowest BCUT2D eigenvalue weighted by Gasteiger charge is -2.22. The van der Waals surface area contributed by atoms with Crippen LogP contribution in [0.4, 0.5) is 0 Å². The van der Waals surface area contributed by atoms with Gasteiger partial charge in [0.2, 0.25) is 5.91 Å². The number of nitrogens with zero attached hydrogens (tertiary/aromatic N) is 3. The number of benzene rings is 1. The molecule has 1 unspecified atom stereocenters. The molecule has 6 nitrogen and oxygen atoms in total. The molecule has 20 heavy (non-hydrogen) atoms. The van der Waals surface area contributed by atoms with Crippen molar-refractivity contribution in [2.24, 2.45) is 7.05 Å². The van der Waals surface area contributed by atoms with Crippen LogP contribution < -0.4 is 10.6 Å². The van der Waals surface area contributed by atoms with Crippen molar-refractivity contribution in [1.29, 1.82) is 0 Å². The van der Waals surface area contributed by atoms with Crippen molar-refractivity contribution in [3.8, 4) is 11.4 Å². The minimum atomic E-state index is -0.227. The summed E-state index contributed by atoms with van der Waals surface area (Å²) in [4.78, 5) is 16.3. The second kappa shape index (κ2) is 5.42. The highest BCUT2D eigenvalue weighted by Crippen LogP contribution is 2.15. The molecular formula is C14H17N5O. The first kappa shape index (κ1) is 12.8. The lowest BCUT2D eigenvalue weighted by atomic mass is 10.1. The summed E-state index contributed by atoms with van der Waals surface area (Å²) >= 11 is 0. The van der Waals surface area contributed by atoms with Crippen LogP contribution >= 0.6 is 0 Å². The molecule has 104 valence electrons. The fourth-order valence-corrected chi connectivity index (χ4v) is 2.30. The Morgan fingerprint density at radius 3 is 2.85 bits per heavy atom. The highest BCUT2D eigenvalue weighted by atomic mass is 16.2. The molecule has 3 rings (SSSR count). The maximum absolute atomic E-state index is 11.8. The summed E-state index contributed by atoms with van der Waals surface area (Å²) in [6, 6.07) is 9.61. The van der Waals surface area contributed by atoms with Crippen LogP contribution in [0.25, 0.3) is 11.4 Å². The summed E-state index contributed by atoms with van der Waals surface area (Å²) in [5.41, 5.74) is 0.982. The highest BCUT2D eigenvalue weighted by Gasteiger charge is 2.24. The second-order valence-electron chi connectivity index (χ2n) is 4.84. The van der Waals surface area contributed by atoms with Crippen LogP contribution in [0.1, 0.15) is 5.82 Å². The van der Waals surface area contributed by atoms with E-state index in [1.807, 2.05) is 37.4 Å². The lowest BCUT2D eigenvalue weighted by Crippen LogP contribution is -2.54. The van der Waals surface area contributed by atoms with Gasteiger partial charge >= 0.3 is 0 Å². The lowest BCUT2D eigenvalue weighted by molar-refractivity contribution is -0.124. The van der Waals surface area contributed by atoms with Crippen molar-refractivity contribution in [3.63, 3.8) is 0 Å². The average Bonchev–Trinajstić information content (AvgIpc) is 2.84. The Hall–Kier alpha value is -2.21. The Kier molecular flexibility index (Phi) is 3.47. The van der Waals surface area contributed by atoms with Gasteiger partial charge in [0.15, 0.2) is 5.82 Å². The molecule has 6 heteroatoms. The summed E-state index contributed by atoms with van der Waals surface area (Å²) in [5.74, 6) is 1.53. The summed E-state index contributed by atoms with van der Waals surface area (Å²) in [5, 5.41) is 10.5. The predicted octanol–water partition coefficient (Wildman–Crippen LogP) is 0.113. The number of amides is 1. The molecule has 2 aromatic rings. The van der Waals surface area contributed by atoms with Crippen molar-refractivity contribution in [1.82, 2.24) is 25.4 Å². The third-order valence-electron chi connectivity index (χ3n) is 3.40. The van der Waals surface area contributed by atoms with E-state index >= 15 is 0 Å². The van der Waals surface area contributed by atoms with E-state index in [0.29, 0.717) is 18.8 Å². The molecule has 0 saturated carbocycles. The van der Waals surface area contributed by atoms with Gasteiger partial charge in [-0.2, -0.15) is 5.10 Å². The van der Waals surface area contributed by atoms with E-state index < -0.39 is 0 Å². The first-order valence-electron chi connectivity index (χ1n) is 6.70. The number of hydrogen-bond acceptors (Lipinski definition) is 4. The predicted molar refractivity (Wildman–Crippen MR) is 74.9 cm³/mol. The Labute approximate surface area is 117 Å². The number of aromatic nitrogens is 3. The first-order chi connectivity index (χ1) is 9.74. The fourth-order valence-electron chi connectivity index (χ4n) is 2.30. The number of nitrogens with one attached hydrogen (secondary N) is 2. The monoisotopic (exact) mass is 271 g/mol. The molecule has 0 spiro atoms. The van der Waals surface area contributed by atoms with E-state index in [4.69, 9.17) is 0 Å². The number of hydrogen-bond donors (Lipinski definition) is 2. The van der Waals surface area contributed by atoms with Gasteiger partial charge in [-0.3, -0.25) is 9.48 Å². The SMILES string of the molecule is Cn1nc(-c2ccccc2)nc1CC1NCCNC1=O. The molecule has 1 aromatic heterocycles. The van der Waals surface area contributed by atoms with Crippen LogP contribution in [0, 0.1) is 0 Å². The van der Waals surface area contributed by atoms with Crippen molar-refractivity contribution >= 4 is 5.91 Å². The molecule has 1 aromatic carbocycles. The van der Waals surface area contributed by atoms with Crippen LogP contribution in [-0.4, -0.2) is 39.8 Å². The minimum absolute atomic E-state index is 0.0283. The van der Waals surface area contributed by atoms with Crippen LogP contribution in [-0.2, 0) is 18.3 Å². The van der Waals surface area contributed by atoms with Crippen molar-refractivity contribution in [2.45, 2.75) is 12.5 Å². The standard InChI is InChI=1S/C14H17N5O/c1-19-12(9-11-14(20)16-8-7-15-11)17-13(18-19)10-5-3-2-4-6-10/h2-6,11,15H,7-9H2,1H3,(H,16,20).